The molecule has 2 aromatic rings. The zero-order chi connectivity index (χ0) is 14.1. The fourth-order valence-electron chi connectivity index (χ4n) is 2.67. The van der Waals surface area contributed by atoms with Crippen molar-refractivity contribution in [1.29, 1.82) is 0 Å². The van der Waals surface area contributed by atoms with Gasteiger partial charge in [-0.1, -0.05) is 6.42 Å². The third-order valence-corrected chi connectivity index (χ3v) is 3.73. The number of hydrogen-bond donors (Lipinski definition) is 1. The summed E-state index contributed by atoms with van der Waals surface area (Å²) in [4.78, 5) is 18.0. The van der Waals surface area contributed by atoms with E-state index in [4.69, 9.17) is 0 Å². The summed E-state index contributed by atoms with van der Waals surface area (Å²) in [5.41, 5.74) is 2.26. The van der Waals surface area contributed by atoms with Crippen molar-refractivity contribution < 1.29 is 4.79 Å². The molecule has 1 aliphatic rings. The van der Waals surface area contributed by atoms with E-state index in [0.29, 0.717) is 11.2 Å². The van der Waals surface area contributed by atoms with Crippen molar-refractivity contribution in [2.75, 3.05) is 20.6 Å². The van der Waals surface area contributed by atoms with Crippen LogP contribution >= 0.6 is 0 Å². The lowest BCUT2D eigenvalue weighted by Gasteiger charge is -2.23. The Morgan fingerprint density at radius 3 is 3.00 bits per heavy atom. The lowest BCUT2D eigenvalue weighted by molar-refractivity contribution is 0.0829. The smallest absolute Gasteiger partial charge is 0.258 e. The lowest BCUT2D eigenvalue weighted by Crippen LogP contribution is -2.28. The molecule has 1 fully saturated rings. The molecule has 0 bridgehead atoms. The first-order chi connectivity index (χ1) is 9.68. The van der Waals surface area contributed by atoms with E-state index >= 15 is 0 Å². The molecule has 1 amide bonds. The van der Waals surface area contributed by atoms with Crippen molar-refractivity contribution in [1.82, 2.24) is 24.8 Å². The summed E-state index contributed by atoms with van der Waals surface area (Å²) in [7, 11) is 3.47. The van der Waals surface area contributed by atoms with E-state index in [2.05, 4.69) is 15.4 Å². The van der Waals surface area contributed by atoms with Gasteiger partial charge in [-0.15, -0.1) is 0 Å². The van der Waals surface area contributed by atoms with Crippen molar-refractivity contribution in [2.24, 2.45) is 0 Å². The molecule has 0 saturated carbocycles. The maximum Gasteiger partial charge on any atom is 0.258 e. The Morgan fingerprint density at radius 1 is 1.45 bits per heavy atom. The first kappa shape index (κ1) is 13.1. The van der Waals surface area contributed by atoms with Crippen LogP contribution in [0.25, 0.3) is 5.65 Å². The minimum absolute atomic E-state index is 0.0683. The van der Waals surface area contributed by atoms with E-state index in [1.54, 1.807) is 35.9 Å². The molecule has 0 aromatic carbocycles. The summed E-state index contributed by atoms with van der Waals surface area (Å²) < 4.78 is 1.79. The third kappa shape index (κ3) is 2.16. The molecule has 1 aliphatic heterocycles. The third-order valence-electron chi connectivity index (χ3n) is 3.73. The van der Waals surface area contributed by atoms with Gasteiger partial charge >= 0.3 is 0 Å². The van der Waals surface area contributed by atoms with E-state index in [9.17, 15) is 4.79 Å². The SMILES string of the molecule is CN(C)C(=O)c1cnn2c([C@H]3CCCCN3)ccnc12. The van der Waals surface area contributed by atoms with Crippen molar-refractivity contribution in [3.05, 3.63) is 29.7 Å². The van der Waals surface area contributed by atoms with Crippen molar-refractivity contribution in [3.8, 4) is 0 Å². The predicted molar refractivity (Wildman–Crippen MR) is 75.6 cm³/mol. The van der Waals surface area contributed by atoms with Gasteiger partial charge in [0.05, 0.1) is 11.9 Å². The molecule has 6 nitrogen and oxygen atoms in total. The highest BCUT2D eigenvalue weighted by Gasteiger charge is 2.21. The maximum absolute atomic E-state index is 12.1. The van der Waals surface area contributed by atoms with Crippen LogP contribution in [0.15, 0.2) is 18.5 Å². The molecule has 2 aromatic heterocycles. The Kier molecular flexibility index (Phi) is 3.40. The van der Waals surface area contributed by atoms with E-state index in [1.165, 1.54) is 12.8 Å². The van der Waals surface area contributed by atoms with E-state index in [-0.39, 0.29) is 11.9 Å². The minimum Gasteiger partial charge on any atom is -0.345 e. The molecule has 3 heterocycles. The fourth-order valence-corrected chi connectivity index (χ4v) is 2.67. The van der Waals surface area contributed by atoms with Gasteiger partial charge in [0.1, 0.15) is 5.56 Å². The molecule has 1 saturated heterocycles. The number of amides is 1. The van der Waals surface area contributed by atoms with Crippen molar-refractivity contribution in [2.45, 2.75) is 25.3 Å². The minimum atomic E-state index is -0.0683. The van der Waals surface area contributed by atoms with Crippen LogP contribution in [0.5, 0.6) is 0 Å². The largest absolute Gasteiger partial charge is 0.345 e. The van der Waals surface area contributed by atoms with Gasteiger partial charge in [0, 0.05) is 26.3 Å². The zero-order valence-corrected chi connectivity index (χ0v) is 11.8. The Bertz CT molecular complexity index is 628. The average Bonchev–Trinajstić information content (AvgIpc) is 2.91. The molecule has 0 radical (unpaired) electrons. The van der Waals surface area contributed by atoms with E-state index in [1.807, 2.05) is 6.07 Å². The van der Waals surface area contributed by atoms with Crippen molar-refractivity contribution in [3.63, 3.8) is 0 Å². The number of nitrogens with zero attached hydrogens (tertiary/aromatic N) is 4. The molecular weight excluding hydrogens is 254 g/mol. The van der Waals surface area contributed by atoms with Crippen LogP contribution in [-0.2, 0) is 0 Å². The molecule has 0 unspecified atom stereocenters. The number of rotatable bonds is 2. The van der Waals surface area contributed by atoms with Crippen LogP contribution in [0, 0.1) is 0 Å². The second-order valence-corrected chi connectivity index (χ2v) is 5.37. The molecular formula is C14H19N5O. The second-order valence-electron chi connectivity index (χ2n) is 5.37. The number of carbonyl (C=O) groups excluding carboxylic acids is 1. The standard InChI is InChI=1S/C14H19N5O/c1-18(2)14(20)10-9-17-19-12(6-8-16-13(10)19)11-5-3-4-7-15-11/h6,8-9,11,15H,3-5,7H2,1-2H3/t11-/m1/s1. The monoisotopic (exact) mass is 273 g/mol. The Morgan fingerprint density at radius 2 is 2.30 bits per heavy atom. The number of nitrogens with one attached hydrogen (secondary N) is 1. The molecule has 0 aliphatic carbocycles. The molecule has 0 spiro atoms. The quantitative estimate of drug-likeness (QED) is 0.894. The summed E-state index contributed by atoms with van der Waals surface area (Å²) >= 11 is 0. The molecule has 20 heavy (non-hydrogen) atoms. The predicted octanol–water partition coefficient (Wildman–Crippen LogP) is 1.25. The summed E-state index contributed by atoms with van der Waals surface area (Å²) in [6.45, 7) is 1.03. The van der Waals surface area contributed by atoms with Crippen LogP contribution < -0.4 is 5.32 Å². The van der Waals surface area contributed by atoms with Gasteiger partial charge < -0.3 is 10.2 Å². The first-order valence-corrected chi connectivity index (χ1v) is 6.96. The number of fused-ring (bicyclic) bond motifs is 1. The summed E-state index contributed by atoms with van der Waals surface area (Å²) in [6.07, 6.45) is 6.89. The lowest BCUT2D eigenvalue weighted by atomic mass is 10.0. The van der Waals surface area contributed by atoms with Gasteiger partial charge in [-0.2, -0.15) is 5.10 Å². The second kappa shape index (κ2) is 5.20. The highest BCUT2D eigenvalue weighted by molar-refractivity contribution is 5.99. The summed E-state index contributed by atoms with van der Waals surface area (Å²) in [5, 5.41) is 7.87. The Balaban J connectivity index is 2.05. The highest BCUT2D eigenvalue weighted by Crippen LogP contribution is 2.23. The number of aromatic nitrogens is 3. The molecule has 1 atom stereocenters. The van der Waals surface area contributed by atoms with Gasteiger partial charge in [0.15, 0.2) is 5.65 Å². The Hall–Kier alpha value is -1.95. The maximum atomic E-state index is 12.1. The first-order valence-electron chi connectivity index (χ1n) is 6.96. The van der Waals surface area contributed by atoms with Crippen LogP contribution in [0.1, 0.15) is 41.4 Å². The van der Waals surface area contributed by atoms with Gasteiger partial charge in [0.25, 0.3) is 5.91 Å². The Labute approximate surface area is 117 Å². The van der Waals surface area contributed by atoms with Crippen molar-refractivity contribution >= 4 is 11.6 Å². The molecule has 3 rings (SSSR count). The van der Waals surface area contributed by atoms with Crippen LogP contribution in [0.3, 0.4) is 0 Å². The zero-order valence-electron chi connectivity index (χ0n) is 11.8. The van der Waals surface area contributed by atoms with Crippen LogP contribution in [-0.4, -0.2) is 46.0 Å². The molecule has 6 heteroatoms. The van der Waals surface area contributed by atoms with E-state index < -0.39 is 0 Å². The topological polar surface area (TPSA) is 62.5 Å². The van der Waals surface area contributed by atoms with Gasteiger partial charge in [0.2, 0.25) is 0 Å². The average molecular weight is 273 g/mol. The van der Waals surface area contributed by atoms with Gasteiger partial charge in [-0.05, 0) is 25.5 Å². The summed E-state index contributed by atoms with van der Waals surface area (Å²) in [5.74, 6) is -0.0683. The number of carbonyl (C=O) groups is 1. The molecule has 106 valence electrons. The van der Waals surface area contributed by atoms with Gasteiger partial charge in [-0.25, -0.2) is 9.50 Å². The number of hydrogen-bond acceptors (Lipinski definition) is 4. The molecule has 1 N–H and O–H groups in total. The summed E-state index contributed by atoms with van der Waals surface area (Å²) in [6, 6.07) is 2.27. The highest BCUT2D eigenvalue weighted by atomic mass is 16.2. The van der Waals surface area contributed by atoms with Crippen LogP contribution in [0.4, 0.5) is 0 Å². The van der Waals surface area contributed by atoms with E-state index in [0.717, 1.165) is 18.7 Å². The van der Waals surface area contributed by atoms with Crippen LogP contribution in [0.2, 0.25) is 0 Å². The fraction of sp³-hybridized carbons (Fsp3) is 0.500. The van der Waals surface area contributed by atoms with Gasteiger partial charge in [-0.3, -0.25) is 4.79 Å². The number of piperidine rings is 1. The normalized spacial score (nSPS) is 19.2.